The van der Waals surface area contributed by atoms with Crippen LogP contribution in [0, 0.1) is 5.82 Å². The molecule has 1 aromatic carbocycles. The van der Waals surface area contributed by atoms with E-state index in [2.05, 4.69) is 5.32 Å². The lowest BCUT2D eigenvalue weighted by atomic mass is 10.3. The standard InChI is InChI=1S/C14H17ClFN3O3/c1-2-22-14(21)19-7-5-18(6-8-19)13(20)17-10-3-4-11(15)12(16)9-10/h3-4,9H,2,5-8H2,1H3,(H,17,20). The molecule has 0 radical (unpaired) electrons. The molecular formula is C14H17ClFN3O3. The smallest absolute Gasteiger partial charge is 0.409 e. The Hall–Kier alpha value is -2.02. The fourth-order valence-electron chi connectivity index (χ4n) is 2.08. The van der Waals surface area contributed by atoms with Gasteiger partial charge >= 0.3 is 12.1 Å². The number of ether oxygens (including phenoxy) is 1. The fourth-order valence-corrected chi connectivity index (χ4v) is 2.20. The Labute approximate surface area is 132 Å². The van der Waals surface area contributed by atoms with Crippen LogP contribution in [0.15, 0.2) is 18.2 Å². The monoisotopic (exact) mass is 329 g/mol. The lowest BCUT2D eigenvalue weighted by Gasteiger charge is -2.34. The van der Waals surface area contributed by atoms with E-state index < -0.39 is 5.82 Å². The summed E-state index contributed by atoms with van der Waals surface area (Å²) in [6, 6.07) is 3.73. The van der Waals surface area contributed by atoms with Crippen molar-refractivity contribution in [2.45, 2.75) is 6.92 Å². The topological polar surface area (TPSA) is 61.9 Å². The summed E-state index contributed by atoms with van der Waals surface area (Å²) in [5.41, 5.74) is 0.333. The average molecular weight is 330 g/mol. The molecule has 1 aromatic rings. The Morgan fingerprint density at radius 3 is 2.50 bits per heavy atom. The van der Waals surface area contributed by atoms with Crippen LogP contribution >= 0.6 is 11.6 Å². The number of nitrogens with one attached hydrogen (secondary N) is 1. The van der Waals surface area contributed by atoms with Crippen molar-refractivity contribution >= 4 is 29.4 Å². The third-order valence-electron chi connectivity index (χ3n) is 3.26. The molecule has 1 N–H and O–H groups in total. The second-order valence-corrected chi connectivity index (χ2v) is 5.14. The van der Waals surface area contributed by atoms with Gasteiger partial charge in [0.25, 0.3) is 0 Å². The van der Waals surface area contributed by atoms with Gasteiger partial charge in [-0.2, -0.15) is 0 Å². The van der Waals surface area contributed by atoms with Crippen LogP contribution in [0.2, 0.25) is 5.02 Å². The Bertz CT molecular complexity index is 562. The number of hydrogen-bond donors (Lipinski definition) is 1. The molecular weight excluding hydrogens is 313 g/mol. The molecule has 8 heteroatoms. The maximum absolute atomic E-state index is 13.3. The molecule has 0 atom stereocenters. The molecule has 22 heavy (non-hydrogen) atoms. The van der Waals surface area contributed by atoms with Gasteiger partial charge < -0.3 is 19.9 Å². The predicted octanol–water partition coefficient (Wildman–Crippen LogP) is 2.79. The van der Waals surface area contributed by atoms with Gasteiger partial charge in [-0.3, -0.25) is 0 Å². The molecule has 3 amide bonds. The molecule has 1 fully saturated rings. The van der Waals surface area contributed by atoms with Crippen molar-refractivity contribution in [3.63, 3.8) is 0 Å². The van der Waals surface area contributed by atoms with E-state index in [4.69, 9.17) is 16.3 Å². The fraction of sp³-hybridized carbons (Fsp3) is 0.429. The molecule has 120 valence electrons. The van der Waals surface area contributed by atoms with Crippen LogP contribution in [0.5, 0.6) is 0 Å². The molecule has 6 nitrogen and oxygen atoms in total. The molecule has 0 saturated carbocycles. The first-order valence-corrected chi connectivity index (χ1v) is 7.31. The van der Waals surface area contributed by atoms with Gasteiger partial charge in [-0.15, -0.1) is 0 Å². The SMILES string of the molecule is CCOC(=O)N1CCN(C(=O)Nc2ccc(Cl)c(F)c2)CC1. The highest BCUT2D eigenvalue weighted by molar-refractivity contribution is 6.30. The summed E-state index contributed by atoms with van der Waals surface area (Å²) in [7, 11) is 0. The number of benzene rings is 1. The summed E-state index contributed by atoms with van der Waals surface area (Å²) in [5.74, 6) is -0.591. The van der Waals surface area contributed by atoms with E-state index in [9.17, 15) is 14.0 Å². The Kier molecular flexibility index (Phi) is 5.43. The van der Waals surface area contributed by atoms with Crippen LogP contribution in [-0.4, -0.2) is 54.7 Å². The lowest BCUT2D eigenvalue weighted by Crippen LogP contribution is -2.51. The summed E-state index contributed by atoms with van der Waals surface area (Å²) in [6.45, 7) is 3.65. The number of hydrogen-bond acceptors (Lipinski definition) is 3. The van der Waals surface area contributed by atoms with Crippen LogP contribution in [0.1, 0.15) is 6.92 Å². The van der Waals surface area contributed by atoms with E-state index in [0.29, 0.717) is 38.5 Å². The van der Waals surface area contributed by atoms with Gasteiger partial charge in [-0.25, -0.2) is 14.0 Å². The number of halogens is 2. The Morgan fingerprint density at radius 1 is 1.27 bits per heavy atom. The second-order valence-electron chi connectivity index (χ2n) is 4.73. The highest BCUT2D eigenvalue weighted by Crippen LogP contribution is 2.19. The number of piperazine rings is 1. The lowest BCUT2D eigenvalue weighted by molar-refractivity contribution is 0.0868. The molecule has 0 aromatic heterocycles. The quantitative estimate of drug-likeness (QED) is 0.907. The number of nitrogens with zero attached hydrogens (tertiary/aromatic N) is 2. The second kappa shape index (κ2) is 7.31. The van der Waals surface area contributed by atoms with Gasteiger partial charge in [0.1, 0.15) is 5.82 Å². The maximum atomic E-state index is 13.3. The predicted molar refractivity (Wildman–Crippen MR) is 80.6 cm³/mol. The number of carbonyl (C=O) groups is 2. The number of rotatable bonds is 2. The zero-order chi connectivity index (χ0) is 16.1. The maximum Gasteiger partial charge on any atom is 0.409 e. The van der Waals surface area contributed by atoms with Crippen LogP contribution in [0.3, 0.4) is 0 Å². The zero-order valence-electron chi connectivity index (χ0n) is 12.1. The van der Waals surface area contributed by atoms with E-state index in [1.807, 2.05) is 0 Å². The molecule has 0 spiro atoms. The van der Waals surface area contributed by atoms with Crippen molar-refractivity contribution in [3.8, 4) is 0 Å². The van der Waals surface area contributed by atoms with Gasteiger partial charge in [0.15, 0.2) is 0 Å². The van der Waals surface area contributed by atoms with Gasteiger partial charge in [0, 0.05) is 31.9 Å². The molecule has 1 heterocycles. The van der Waals surface area contributed by atoms with Crippen LogP contribution in [0.4, 0.5) is 19.7 Å². The average Bonchev–Trinajstić information content (AvgIpc) is 2.51. The molecule has 0 unspecified atom stereocenters. The number of anilines is 1. The third-order valence-corrected chi connectivity index (χ3v) is 3.57. The van der Waals surface area contributed by atoms with Crippen molar-refractivity contribution in [2.75, 3.05) is 38.1 Å². The highest BCUT2D eigenvalue weighted by Gasteiger charge is 2.24. The van der Waals surface area contributed by atoms with Gasteiger partial charge in [0.2, 0.25) is 0 Å². The first-order valence-electron chi connectivity index (χ1n) is 6.94. The van der Waals surface area contributed by atoms with Crippen LogP contribution in [-0.2, 0) is 4.74 Å². The molecule has 2 rings (SSSR count). The third kappa shape index (κ3) is 4.00. The van der Waals surface area contributed by atoms with Gasteiger partial charge in [-0.05, 0) is 25.1 Å². The minimum absolute atomic E-state index is 0.000972. The van der Waals surface area contributed by atoms with Crippen molar-refractivity contribution < 1.29 is 18.7 Å². The summed E-state index contributed by atoms with van der Waals surface area (Å²) in [4.78, 5) is 26.8. The van der Waals surface area contributed by atoms with Crippen molar-refractivity contribution in [1.82, 2.24) is 9.80 Å². The van der Waals surface area contributed by atoms with Crippen molar-refractivity contribution in [2.24, 2.45) is 0 Å². The van der Waals surface area contributed by atoms with Crippen LogP contribution < -0.4 is 5.32 Å². The normalized spacial score (nSPS) is 14.7. The van der Waals surface area contributed by atoms with Crippen LogP contribution in [0.25, 0.3) is 0 Å². The van der Waals surface area contributed by atoms with E-state index in [-0.39, 0.29) is 17.1 Å². The molecule has 0 aliphatic carbocycles. The number of amides is 3. The van der Waals surface area contributed by atoms with E-state index in [0.717, 1.165) is 6.07 Å². The zero-order valence-corrected chi connectivity index (χ0v) is 12.9. The van der Waals surface area contributed by atoms with E-state index in [1.54, 1.807) is 16.7 Å². The molecule has 1 aliphatic rings. The molecule has 0 bridgehead atoms. The summed E-state index contributed by atoms with van der Waals surface area (Å²) < 4.78 is 18.2. The van der Waals surface area contributed by atoms with Crippen molar-refractivity contribution in [1.29, 1.82) is 0 Å². The highest BCUT2D eigenvalue weighted by atomic mass is 35.5. The van der Waals surface area contributed by atoms with Crippen molar-refractivity contribution in [3.05, 3.63) is 29.0 Å². The first kappa shape index (κ1) is 16.4. The van der Waals surface area contributed by atoms with E-state index >= 15 is 0 Å². The first-order chi connectivity index (χ1) is 10.5. The summed E-state index contributed by atoms with van der Waals surface area (Å²) in [5, 5.41) is 2.60. The van der Waals surface area contributed by atoms with E-state index in [1.165, 1.54) is 12.1 Å². The molecule has 1 saturated heterocycles. The Balaban J connectivity index is 1.87. The number of urea groups is 1. The minimum atomic E-state index is -0.591. The molecule has 1 aliphatic heterocycles. The Morgan fingerprint density at radius 2 is 1.91 bits per heavy atom. The number of carbonyl (C=O) groups excluding carboxylic acids is 2. The minimum Gasteiger partial charge on any atom is -0.450 e. The summed E-state index contributed by atoms with van der Waals surface area (Å²) >= 11 is 5.59. The largest absolute Gasteiger partial charge is 0.450 e. The van der Waals surface area contributed by atoms with Gasteiger partial charge in [-0.1, -0.05) is 11.6 Å². The van der Waals surface area contributed by atoms with Gasteiger partial charge in [0.05, 0.1) is 11.6 Å². The summed E-state index contributed by atoms with van der Waals surface area (Å²) in [6.07, 6.45) is -0.373.